The van der Waals surface area contributed by atoms with Gasteiger partial charge in [0.15, 0.2) is 0 Å². The van der Waals surface area contributed by atoms with Crippen molar-refractivity contribution >= 4 is 23.2 Å². The zero-order valence-electron chi connectivity index (χ0n) is 13.4. The van der Waals surface area contributed by atoms with Crippen molar-refractivity contribution in [2.45, 2.75) is 32.1 Å². The van der Waals surface area contributed by atoms with Crippen molar-refractivity contribution in [3.8, 4) is 5.75 Å². The summed E-state index contributed by atoms with van der Waals surface area (Å²) in [4.78, 5) is 0. The molecule has 0 saturated carbocycles. The maximum atomic E-state index is 6.17. The summed E-state index contributed by atoms with van der Waals surface area (Å²) in [6, 6.07) is 13.5. The van der Waals surface area contributed by atoms with E-state index in [9.17, 15) is 0 Å². The van der Waals surface area contributed by atoms with Crippen LogP contribution >= 0.6 is 23.2 Å². The Bertz CT molecular complexity index is 652. The van der Waals surface area contributed by atoms with Crippen molar-refractivity contribution in [2.24, 2.45) is 0 Å². The molecule has 24 heavy (non-hydrogen) atoms. The number of nitrogens with one attached hydrogen (secondary N) is 1. The van der Waals surface area contributed by atoms with Gasteiger partial charge in [0.1, 0.15) is 12.4 Å². The van der Waals surface area contributed by atoms with Gasteiger partial charge in [-0.1, -0.05) is 41.4 Å². The van der Waals surface area contributed by atoms with E-state index < -0.39 is 0 Å². The second kappa shape index (κ2) is 8.72. The Kier molecular flexibility index (Phi) is 6.38. The summed E-state index contributed by atoms with van der Waals surface area (Å²) in [6.07, 6.45) is 2.67. The number of hydrogen-bond donors (Lipinski definition) is 1. The fourth-order valence-electron chi connectivity index (χ4n) is 2.75. The van der Waals surface area contributed by atoms with E-state index in [-0.39, 0.29) is 0 Å². The van der Waals surface area contributed by atoms with E-state index in [1.54, 1.807) is 0 Å². The van der Waals surface area contributed by atoms with Gasteiger partial charge in [0.25, 0.3) is 0 Å². The van der Waals surface area contributed by atoms with Gasteiger partial charge in [0, 0.05) is 35.3 Å². The van der Waals surface area contributed by atoms with Gasteiger partial charge in [0.2, 0.25) is 0 Å². The molecule has 3 nitrogen and oxygen atoms in total. The second-order valence-corrected chi connectivity index (χ2v) is 6.72. The van der Waals surface area contributed by atoms with Crippen LogP contribution in [0.4, 0.5) is 0 Å². The smallest absolute Gasteiger partial charge is 0.120 e. The molecule has 128 valence electrons. The lowest BCUT2D eigenvalue weighted by Crippen LogP contribution is -2.25. The van der Waals surface area contributed by atoms with E-state index in [0.717, 1.165) is 37.4 Å². The first-order valence-corrected chi connectivity index (χ1v) is 8.95. The summed E-state index contributed by atoms with van der Waals surface area (Å²) in [7, 11) is 0. The summed E-state index contributed by atoms with van der Waals surface area (Å²) in [6.45, 7) is 2.93. The highest BCUT2D eigenvalue weighted by molar-refractivity contribution is 6.35. The minimum Gasteiger partial charge on any atom is -0.489 e. The van der Waals surface area contributed by atoms with Gasteiger partial charge in [0.05, 0.1) is 6.10 Å². The van der Waals surface area contributed by atoms with Crippen LogP contribution in [0, 0.1) is 0 Å². The summed E-state index contributed by atoms with van der Waals surface area (Å²) < 4.78 is 11.5. The second-order valence-electron chi connectivity index (χ2n) is 5.90. The van der Waals surface area contributed by atoms with Crippen molar-refractivity contribution in [1.29, 1.82) is 0 Å². The van der Waals surface area contributed by atoms with E-state index in [1.165, 1.54) is 12.0 Å². The molecular weight excluding hydrogens is 345 g/mol. The number of rotatable bonds is 7. The Labute approximate surface area is 152 Å². The fraction of sp³-hybridized carbons (Fsp3) is 0.368. The van der Waals surface area contributed by atoms with Gasteiger partial charge in [-0.15, -0.1) is 0 Å². The monoisotopic (exact) mass is 365 g/mol. The minimum absolute atomic E-state index is 0.352. The molecule has 5 heteroatoms. The first-order chi connectivity index (χ1) is 11.7. The topological polar surface area (TPSA) is 30.5 Å². The first-order valence-electron chi connectivity index (χ1n) is 8.19. The van der Waals surface area contributed by atoms with Crippen LogP contribution < -0.4 is 10.1 Å². The lowest BCUT2D eigenvalue weighted by molar-refractivity contribution is 0.110. The Hall–Kier alpha value is -1.26. The lowest BCUT2D eigenvalue weighted by atomic mass is 10.2. The van der Waals surface area contributed by atoms with Gasteiger partial charge < -0.3 is 14.8 Å². The lowest BCUT2D eigenvalue weighted by Gasteiger charge is -2.12. The molecule has 1 atom stereocenters. The Morgan fingerprint density at radius 1 is 1.12 bits per heavy atom. The van der Waals surface area contributed by atoms with Gasteiger partial charge in [-0.05, 0) is 42.7 Å². The summed E-state index contributed by atoms with van der Waals surface area (Å²) in [5.41, 5.74) is 1.98. The molecule has 2 aromatic carbocycles. The van der Waals surface area contributed by atoms with Crippen molar-refractivity contribution in [1.82, 2.24) is 5.32 Å². The normalized spacial score (nSPS) is 17.2. The predicted octanol–water partition coefficient (Wildman–Crippen LogP) is 4.84. The minimum atomic E-state index is 0.352. The molecule has 2 aromatic rings. The standard InChI is InChI=1S/C19H21Cl2NO2/c20-18-7-2-8-19(21)17(18)13-24-15-5-1-4-14(10-15)11-22-12-16-6-3-9-23-16/h1-2,4-5,7-8,10,16,22H,3,6,9,11-13H2/t16-/m0/s1. The molecule has 0 spiro atoms. The van der Waals surface area contributed by atoms with Crippen LogP contribution in [0.5, 0.6) is 5.75 Å². The molecule has 1 fully saturated rings. The predicted molar refractivity (Wildman–Crippen MR) is 97.9 cm³/mol. The summed E-state index contributed by atoms with van der Waals surface area (Å²) >= 11 is 12.3. The van der Waals surface area contributed by atoms with Crippen LogP contribution in [0.1, 0.15) is 24.0 Å². The first kappa shape index (κ1) is 17.6. The molecule has 3 rings (SSSR count). The highest BCUT2D eigenvalue weighted by atomic mass is 35.5. The average Bonchev–Trinajstić information content (AvgIpc) is 3.08. The molecule has 0 unspecified atom stereocenters. The van der Waals surface area contributed by atoms with Crippen LogP contribution in [0.15, 0.2) is 42.5 Å². The molecule has 0 bridgehead atoms. The molecule has 1 aliphatic rings. The molecule has 0 aliphatic carbocycles. The van der Waals surface area contributed by atoms with Gasteiger partial charge in [-0.3, -0.25) is 0 Å². The quantitative estimate of drug-likeness (QED) is 0.761. The Balaban J connectivity index is 1.53. The van der Waals surface area contributed by atoms with Crippen LogP contribution in [-0.2, 0) is 17.9 Å². The van der Waals surface area contributed by atoms with E-state index >= 15 is 0 Å². The van der Waals surface area contributed by atoms with E-state index in [1.807, 2.05) is 36.4 Å². The number of halogens is 2. The average molecular weight is 366 g/mol. The number of ether oxygens (including phenoxy) is 2. The van der Waals surface area contributed by atoms with Crippen LogP contribution in [0.2, 0.25) is 10.0 Å². The number of hydrogen-bond acceptors (Lipinski definition) is 3. The van der Waals surface area contributed by atoms with Crippen molar-refractivity contribution in [2.75, 3.05) is 13.2 Å². The van der Waals surface area contributed by atoms with E-state index in [0.29, 0.717) is 22.8 Å². The largest absolute Gasteiger partial charge is 0.489 e. The molecule has 0 radical (unpaired) electrons. The fourth-order valence-corrected chi connectivity index (χ4v) is 3.26. The molecule has 1 N–H and O–H groups in total. The molecule has 0 aromatic heterocycles. The maximum absolute atomic E-state index is 6.17. The zero-order valence-corrected chi connectivity index (χ0v) is 14.9. The van der Waals surface area contributed by atoms with Gasteiger partial charge >= 0.3 is 0 Å². The molecule has 1 heterocycles. The summed E-state index contributed by atoms with van der Waals surface area (Å²) in [5, 5.41) is 4.68. The third kappa shape index (κ3) is 4.87. The van der Waals surface area contributed by atoms with E-state index in [2.05, 4.69) is 11.4 Å². The Morgan fingerprint density at radius 2 is 1.92 bits per heavy atom. The van der Waals surface area contributed by atoms with Gasteiger partial charge in [-0.25, -0.2) is 0 Å². The molecule has 0 amide bonds. The van der Waals surface area contributed by atoms with Crippen LogP contribution in [0.3, 0.4) is 0 Å². The highest BCUT2D eigenvalue weighted by Crippen LogP contribution is 2.26. The third-order valence-corrected chi connectivity index (χ3v) is 4.78. The highest BCUT2D eigenvalue weighted by Gasteiger charge is 2.14. The molecule has 1 aliphatic heterocycles. The Morgan fingerprint density at radius 3 is 2.67 bits per heavy atom. The van der Waals surface area contributed by atoms with Crippen LogP contribution in [-0.4, -0.2) is 19.3 Å². The summed E-state index contributed by atoms with van der Waals surface area (Å²) in [5.74, 6) is 0.808. The third-order valence-electron chi connectivity index (χ3n) is 4.07. The van der Waals surface area contributed by atoms with Crippen molar-refractivity contribution in [3.63, 3.8) is 0 Å². The van der Waals surface area contributed by atoms with Gasteiger partial charge in [-0.2, -0.15) is 0 Å². The van der Waals surface area contributed by atoms with E-state index in [4.69, 9.17) is 32.7 Å². The molecule has 1 saturated heterocycles. The zero-order chi connectivity index (χ0) is 16.8. The van der Waals surface area contributed by atoms with Crippen molar-refractivity contribution in [3.05, 3.63) is 63.6 Å². The molecular formula is C19H21Cl2NO2. The number of benzene rings is 2. The van der Waals surface area contributed by atoms with Crippen molar-refractivity contribution < 1.29 is 9.47 Å². The maximum Gasteiger partial charge on any atom is 0.120 e. The van der Waals surface area contributed by atoms with Crippen LogP contribution in [0.25, 0.3) is 0 Å². The SMILES string of the molecule is Clc1cccc(Cl)c1COc1cccc(CNC[C@@H]2CCCO2)c1.